The zero-order valence-electron chi connectivity index (χ0n) is 16.7. The van der Waals surface area contributed by atoms with Gasteiger partial charge in [0.15, 0.2) is 0 Å². The fourth-order valence-electron chi connectivity index (χ4n) is 4.14. The number of hydrogen-bond donors (Lipinski definition) is 0. The van der Waals surface area contributed by atoms with Crippen molar-refractivity contribution in [2.24, 2.45) is 4.99 Å². The molecule has 1 saturated carbocycles. The molecule has 1 fully saturated rings. The Kier molecular flexibility index (Phi) is 5.37. The molecule has 0 unspecified atom stereocenters. The molecule has 0 saturated heterocycles. The van der Waals surface area contributed by atoms with Gasteiger partial charge in [0.2, 0.25) is 0 Å². The maximum Gasteiger partial charge on any atom is 0.260 e. The summed E-state index contributed by atoms with van der Waals surface area (Å²) in [5.41, 5.74) is 1.63. The number of thiocarbonyl (C=S) groups is 1. The average molecular weight is 409 g/mol. The summed E-state index contributed by atoms with van der Waals surface area (Å²) in [6.07, 6.45) is 4.89. The van der Waals surface area contributed by atoms with Gasteiger partial charge in [0.1, 0.15) is 27.9 Å². The number of ether oxygens (including phenoxy) is 2. The van der Waals surface area contributed by atoms with E-state index in [1.807, 2.05) is 24.3 Å². The van der Waals surface area contributed by atoms with Crippen LogP contribution in [0.2, 0.25) is 0 Å². The Morgan fingerprint density at radius 1 is 0.931 bits per heavy atom. The zero-order chi connectivity index (χ0) is 20.4. The average Bonchev–Trinajstić information content (AvgIpc) is 3.05. The Balaban J connectivity index is 1.72. The van der Waals surface area contributed by atoms with Gasteiger partial charge in [0.25, 0.3) is 5.91 Å². The van der Waals surface area contributed by atoms with Crippen LogP contribution in [0.4, 0.5) is 0 Å². The highest BCUT2D eigenvalue weighted by Gasteiger charge is 2.48. The summed E-state index contributed by atoms with van der Waals surface area (Å²) in [6, 6.07) is 14.8. The van der Waals surface area contributed by atoms with Crippen molar-refractivity contribution in [1.82, 2.24) is 4.90 Å². The van der Waals surface area contributed by atoms with Crippen LogP contribution in [0.15, 0.2) is 53.5 Å². The number of carbonyl (C=O) groups is 1. The monoisotopic (exact) mass is 408 g/mol. The number of rotatable bonds is 4. The summed E-state index contributed by atoms with van der Waals surface area (Å²) in [5.74, 6) is 1.39. The Morgan fingerprint density at radius 3 is 2.03 bits per heavy atom. The highest BCUT2D eigenvalue weighted by Crippen LogP contribution is 2.41. The number of aliphatic imine (C=N–C) groups is 1. The highest BCUT2D eigenvalue weighted by atomic mass is 32.1. The van der Waals surface area contributed by atoms with Crippen molar-refractivity contribution in [1.29, 1.82) is 0 Å². The first kappa shape index (κ1) is 19.6. The van der Waals surface area contributed by atoms with Gasteiger partial charge < -0.3 is 9.47 Å². The summed E-state index contributed by atoms with van der Waals surface area (Å²) in [4.78, 5) is 20.8. The summed E-state index contributed by atoms with van der Waals surface area (Å²) < 4.78 is 10.5. The zero-order valence-corrected chi connectivity index (χ0v) is 17.5. The van der Waals surface area contributed by atoms with Crippen molar-refractivity contribution < 1.29 is 14.3 Å². The van der Waals surface area contributed by atoms with Crippen LogP contribution in [0.25, 0.3) is 0 Å². The van der Waals surface area contributed by atoms with E-state index in [9.17, 15) is 4.79 Å². The molecule has 0 aromatic heterocycles. The summed E-state index contributed by atoms with van der Waals surface area (Å²) in [6.45, 7) is 0. The predicted molar refractivity (Wildman–Crippen MR) is 117 cm³/mol. The van der Waals surface area contributed by atoms with E-state index in [0.29, 0.717) is 22.0 Å². The van der Waals surface area contributed by atoms with E-state index < -0.39 is 5.66 Å². The molecule has 150 valence electrons. The number of hydrogen-bond acceptors (Lipinski definition) is 5. The van der Waals surface area contributed by atoms with Crippen molar-refractivity contribution in [2.75, 3.05) is 14.2 Å². The Morgan fingerprint density at radius 2 is 1.48 bits per heavy atom. The SMILES string of the molecule is COc1ccc(C(=O)N2C(=S)C(c3ccc(OC)cc3)=NC23CCCCC3)cc1. The number of benzene rings is 2. The van der Waals surface area contributed by atoms with Crippen LogP contribution in [0.5, 0.6) is 11.5 Å². The number of methoxy groups -OCH3 is 2. The van der Waals surface area contributed by atoms with Gasteiger partial charge in [-0.05, 0) is 74.2 Å². The van der Waals surface area contributed by atoms with Crippen LogP contribution < -0.4 is 9.47 Å². The molecule has 29 heavy (non-hydrogen) atoms. The molecule has 1 aliphatic carbocycles. The molecule has 2 aromatic carbocycles. The summed E-state index contributed by atoms with van der Waals surface area (Å²) in [7, 11) is 3.25. The van der Waals surface area contributed by atoms with E-state index in [2.05, 4.69) is 0 Å². The standard InChI is InChI=1S/C23H24N2O3S/c1-27-18-10-6-16(7-11-18)20-22(29)25(23(24-20)14-4-3-5-15-23)21(26)17-8-12-19(28-2)13-9-17/h6-13H,3-5,14-15H2,1-2H3. The van der Waals surface area contributed by atoms with Gasteiger partial charge in [-0.3, -0.25) is 14.7 Å². The minimum absolute atomic E-state index is 0.105. The van der Waals surface area contributed by atoms with Gasteiger partial charge >= 0.3 is 0 Å². The molecule has 4 rings (SSSR count). The molecule has 2 aliphatic rings. The molecular weight excluding hydrogens is 384 g/mol. The molecule has 1 spiro atoms. The molecule has 1 amide bonds. The number of nitrogens with zero attached hydrogens (tertiary/aromatic N) is 2. The van der Waals surface area contributed by atoms with E-state index in [-0.39, 0.29) is 5.91 Å². The van der Waals surface area contributed by atoms with Crippen molar-refractivity contribution in [3.63, 3.8) is 0 Å². The minimum atomic E-state index is -0.582. The smallest absolute Gasteiger partial charge is 0.260 e. The van der Waals surface area contributed by atoms with Crippen LogP contribution in [-0.2, 0) is 0 Å². The first-order valence-corrected chi connectivity index (χ1v) is 10.3. The molecule has 1 aliphatic heterocycles. The topological polar surface area (TPSA) is 51.1 Å². The largest absolute Gasteiger partial charge is 0.497 e. The van der Waals surface area contributed by atoms with E-state index in [0.717, 1.165) is 43.4 Å². The highest BCUT2D eigenvalue weighted by molar-refractivity contribution is 7.82. The maximum atomic E-state index is 13.5. The third-order valence-corrected chi connectivity index (χ3v) is 6.08. The molecule has 0 N–H and O–H groups in total. The molecule has 1 heterocycles. The van der Waals surface area contributed by atoms with E-state index >= 15 is 0 Å². The van der Waals surface area contributed by atoms with E-state index in [1.165, 1.54) is 0 Å². The predicted octanol–water partition coefficient (Wildman–Crippen LogP) is 4.64. The summed E-state index contributed by atoms with van der Waals surface area (Å²) >= 11 is 5.80. The van der Waals surface area contributed by atoms with Crippen molar-refractivity contribution in [2.45, 2.75) is 37.8 Å². The van der Waals surface area contributed by atoms with Gasteiger partial charge in [-0.1, -0.05) is 18.6 Å². The van der Waals surface area contributed by atoms with Gasteiger partial charge in [-0.25, -0.2) is 0 Å². The van der Waals surface area contributed by atoms with E-state index in [4.69, 9.17) is 26.7 Å². The third kappa shape index (κ3) is 3.53. The molecule has 0 radical (unpaired) electrons. The van der Waals surface area contributed by atoms with Gasteiger partial charge in [0.05, 0.1) is 14.2 Å². The maximum absolute atomic E-state index is 13.5. The molecule has 0 bridgehead atoms. The first-order valence-electron chi connectivity index (χ1n) is 9.85. The minimum Gasteiger partial charge on any atom is -0.497 e. The fourth-order valence-corrected chi connectivity index (χ4v) is 4.55. The Hall–Kier alpha value is -2.73. The van der Waals surface area contributed by atoms with Crippen molar-refractivity contribution >= 4 is 28.8 Å². The van der Waals surface area contributed by atoms with Crippen LogP contribution in [0.3, 0.4) is 0 Å². The Bertz CT molecular complexity index is 945. The Labute approximate surface area is 176 Å². The van der Waals surface area contributed by atoms with Gasteiger partial charge in [-0.15, -0.1) is 0 Å². The molecule has 2 aromatic rings. The first-order chi connectivity index (χ1) is 14.1. The number of carbonyl (C=O) groups excluding carboxylic acids is 1. The second-order valence-corrected chi connectivity index (χ2v) is 7.79. The quantitative estimate of drug-likeness (QED) is 0.692. The van der Waals surface area contributed by atoms with Crippen LogP contribution >= 0.6 is 12.2 Å². The van der Waals surface area contributed by atoms with Gasteiger partial charge in [0, 0.05) is 11.1 Å². The molecule has 0 atom stereocenters. The molecule has 6 heteroatoms. The lowest BCUT2D eigenvalue weighted by Gasteiger charge is -2.38. The van der Waals surface area contributed by atoms with Crippen LogP contribution in [0.1, 0.15) is 48.0 Å². The fraction of sp³-hybridized carbons (Fsp3) is 0.348. The van der Waals surface area contributed by atoms with Crippen LogP contribution in [0, 0.1) is 0 Å². The lowest BCUT2D eigenvalue weighted by Crippen LogP contribution is -2.50. The second-order valence-electron chi connectivity index (χ2n) is 7.41. The summed E-state index contributed by atoms with van der Waals surface area (Å²) in [5, 5.41) is 0. The van der Waals surface area contributed by atoms with E-state index in [1.54, 1.807) is 43.4 Å². The molecular formula is C23H24N2O3S. The lowest BCUT2D eigenvalue weighted by atomic mass is 9.88. The van der Waals surface area contributed by atoms with Crippen molar-refractivity contribution in [3.8, 4) is 11.5 Å². The normalized spacial score (nSPS) is 17.9. The second kappa shape index (κ2) is 7.95. The van der Waals surface area contributed by atoms with Gasteiger partial charge in [-0.2, -0.15) is 0 Å². The number of amides is 1. The van der Waals surface area contributed by atoms with Crippen molar-refractivity contribution in [3.05, 3.63) is 59.7 Å². The lowest BCUT2D eigenvalue weighted by molar-refractivity contribution is 0.0648. The molecule has 5 nitrogen and oxygen atoms in total. The third-order valence-electron chi connectivity index (χ3n) is 5.70. The van der Waals surface area contributed by atoms with Crippen LogP contribution in [-0.4, -0.2) is 41.4 Å².